The van der Waals surface area contributed by atoms with Gasteiger partial charge in [0.15, 0.2) is 0 Å². The van der Waals surface area contributed by atoms with Gasteiger partial charge in [0.05, 0.1) is 6.10 Å². The monoisotopic (exact) mass is 242 g/mol. The Morgan fingerprint density at radius 2 is 2.25 bits per heavy atom. The van der Waals surface area contributed by atoms with E-state index in [1.807, 2.05) is 6.92 Å². The molecule has 1 saturated carbocycles. The van der Waals surface area contributed by atoms with E-state index < -0.39 is 0 Å². The number of rotatable bonds is 2. The fourth-order valence-electron chi connectivity index (χ4n) is 0.570. The van der Waals surface area contributed by atoms with Gasteiger partial charge in [-0.15, -0.1) is 0 Å². The number of ether oxygens (including phenoxy) is 1. The molecule has 1 aliphatic carbocycles. The number of hydrogen-bond acceptors (Lipinski definition) is 1. The van der Waals surface area contributed by atoms with Crippen molar-refractivity contribution >= 4 is 31.9 Å². The molecule has 1 unspecified atom stereocenters. The van der Waals surface area contributed by atoms with Gasteiger partial charge in [-0.25, -0.2) is 0 Å². The van der Waals surface area contributed by atoms with Crippen LogP contribution in [0.15, 0.2) is 0 Å². The van der Waals surface area contributed by atoms with E-state index in [2.05, 4.69) is 31.9 Å². The van der Waals surface area contributed by atoms with Gasteiger partial charge < -0.3 is 4.74 Å². The first kappa shape index (κ1) is 7.03. The van der Waals surface area contributed by atoms with Crippen molar-refractivity contribution in [3.05, 3.63) is 0 Å². The summed E-state index contributed by atoms with van der Waals surface area (Å²) in [7, 11) is 0. The normalized spacial score (nSPS) is 32.6. The van der Waals surface area contributed by atoms with E-state index in [9.17, 15) is 0 Å². The molecular formula is C5H8Br2O. The minimum absolute atomic E-state index is 0.121. The van der Waals surface area contributed by atoms with E-state index in [1.54, 1.807) is 0 Å². The number of halogens is 2. The molecule has 48 valence electrons. The third-order valence-corrected chi connectivity index (χ3v) is 2.81. The fourth-order valence-corrected chi connectivity index (χ4v) is 1.42. The summed E-state index contributed by atoms with van der Waals surface area (Å²) in [5.41, 5.74) is 0. The summed E-state index contributed by atoms with van der Waals surface area (Å²) in [6.45, 7) is 2.82. The summed E-state index contributed by atoms with van der Waals surface area (Å²) in [6.07, 6.45) is 1.48. The van der Waals surface area contributed by atoms with Crippen molar-refractivity contribution in [1.82, 2.24) is 0 Å². The maximum absolute atomic E-state index is 5.27. The molecule has 0 saturated heterocycles. The van der Waals surface area contributed by atoms with Crippen molar-refractivity contribution in [2.75, 3.05) is 6.61 Å². The molecular weight excluding hydrogens is 236 g/mol. The predicted molar refractivity (Wildman–Crippen MR) is 40.6 cm³/mol. The predicted octanol–water partition coefficient (Wildman–Crippen LogP) is 2.28. The Morgan fingerprint density at radius 3 is 2.38 bits per heavy atom. The Balaban J connectivity index is 2.17. The summed E-state index contributed by atoms with van der Waals surface area (Å²) in [6, 6.07) is 0. The summed E-state index contributed by atoms with van der Waals surface area (Å²) < 4.78 is 5.40. The maximum Gasteiger partial charge on any atom is 0.109 e. The van der Waals surface area contributed by atoms with Crippen LogP contribution in [0.25, 0.3) is 0 Å². The van der Waals surface area contributed by atoms with Crippen LogP contribution >= 0.6 is 31.9 Å². The van der Waals surface area contributed by atoms with Crippen LogP contribution in [0.3, 0.4) is 0 Å². The molecule has 0 bridgehead atoms. The van der Waals surface area contributed by atoms with Gasteiger partial charge in [-0.1, -0.05) is 31.9 Å². The molecule has 0 heterocycles. The Labute approximate surface area is 66.0 Å². The van der Waals surface area contributed by atoms with Crippen LogP contribution in [0.4, 0.5) is 0 Å². The zero-order chi connectivity index (χ0) is 6.20. The topological polar surface area (TPSA) is 9.23 Å². The molecule has 0 aromatic rings. The average Bonchev–Trinajstić information content (AvgIpc) is 2.15. The standard InChI is InChI=1S/C5H8Br2O/c1-2-8-4-3-5(4,6)7/h4H,2-3H2,1H3. The Bertz CT molecular complexity index is 92.4. The third kappa shape index (κ3) is 1.45. The molecule has 0 aromatic carbocycles. The summed E-state index contributed by atoms with van der Waals surface area (Å²) in [5.74, 6) is 0. The van der Waals surface area contributed by atoms with E-state index >= 15 is 0 Å². The highest BCUT2D eigenvalue weighted by Gasteiger charge is 2.51. The Morgan fingerprint density at radius 1 is 1.75 bits per heavy atom. The third-order valence-electron chi connectivity index (χ3n) is 1.14. The van der Waals surface area contributed by atoms with Crippen LogP contribution < -0.4 is 0 Å². The lowest BCUT2D eigenvalue weighted by atomic mass is 10.8. The van der Waals surface area contributed by atoms with Crippen molar-refractivity contribution in [3.8, 4) is 0 Å². The zero-order valence-corrected chi connectivity index (χ0v) is 7.83. The quantitative estimate of drug-likeness (QED) is 0.677. The van der Waals surface area contributed by atoms with Crippen molar-refractivity contribution in [1.29, 1.82) is 0 Å². The second kappa shape index (κ2) is 2.27. The van der Waals surface area contributed by atoms with Crippen molar-refractivity contribution in [2.24, 2.45) is 0 Å². The van der Waals surface area contributed by atoms with Gasteiger partial charge >= 0.3 is 0 Å². The first-order valence-corrected chi connectivity index (χ1v) is 4.25. The molecule has 0 spiro atoms. The lowest BCUT2D eigenvalue weighted by Gasteiger charge is -1.97. The van der Waals surface area contributed by atoms with Gasteiger partial charge in [0, 0.05) is 13.0 Å². The summed E-state index contributed by atoms with van der Waals surface area (Å²) >= 11 is 6.89. The highest BCUT2D eigenvalue weighted by atomic mass is 79.9. The molecule has 3 heteroatoms. The highest BCUT2D eigenvalue weighted by Crippen LogP contribution is 2.52. The molecule has 1 rings (SSSR count). The van der Waals surface area contributed by atoms with Crippen molar-refractivity contribution < 1.29 is 4.74 Å². The van der Waals surface area contributed by atoms with Crippen molar-refractivity contribution in [2.45, 2.75) is 22.7 Å². The van der Waals surface area contributed by atoms with Gasteiger partial charge in [0.25, 0.3) is 0 Å². The lowest BCUT2D eigenvalue weighted by Crippen LogP contribution is -1.99. The molecule has 0 aliphatic heterocycles. The van der Waals surface area contributed by atoms with Gasteiger partial charge in [0.2, 0.25) is 0 Å². The lowest BCUT2D eigenvalue weighted by molar-refractivity contribution is 0.133. The van der Waals surface area contributed by atoms with Crippen LogP contribution in [0.2, 0.25) is 0 Å². The van der Waals surface area contributed by atoms with Crippen LogP contribution in [-0.2, 0) is 4.74 Å². The first-order valence-electron chi connectivity index (χ1n) is 2.66. The molecule has 1 fully saturated rings. The van der Waals surface area contributed by atoms with Crippen LogP contribution in [-0.4, -0.2) is 15.9 Å². The van der Waals surface area contributed by atoms with E-state index in [0.717, 1.165) is 13.0 Å². The minimum atomic E-state index is 0.121. The summed E-state index contributed by atoms with van der Waals surface area (Å²) in [4.78, 5) is 0. The van der Waals surface area contributed by atoms with E-state index in [-0.39, 0.29) is 3.23 Å². The first-order chi connectivity index (χ1) is 3.67. The average molecular weight is 244 g/mol. The molecule has 0 aromatic heterocycles. The largest absolute Gasteiger partial charge is 0.376 e. The second-order valence-corrected chi connectivity index (χ2v) is 5.80. The van der Waals surface area contributed by atoms with E-state index in [1.165, 1.54) is 0 Å². The second-order valence-electron chi connectivity index (χ2n) is 1.91. The van der Waals surface area contributed by atoms with Gasteiger partial charge in [-0.05, 0) is 6.92 Å². The Kier molecular flexibility index (Phi) is 2.00. The minimum Gasteiger partial charge on any atom is -0.376 e. The maximum atomic E-state index is 5.27. The van der Waals surface area contributed by atoms with Gasteiger partial charge in [-0.3, -0.25) is 0 Å². The molecule has 0 amide bonds. The zero-order valence-electron chi connectivity index (χ0n) is 4.66. The molecule has 1 aliphatic rings. The smallest absolute Gasteiger partial charge is 0.109 e. The van der Waals surface area contributed by atoms with Crippen LogP contribution in [0.1, 0.15) is 13.3 Å². The van der Waals surface area contributed by atoms with Gasteiger partial charge in [-0.2, -0.15) is 0 Å². The molecule has 0 radical (unpaired) electrons. The molecule has 8 heavy (non-hydrogen) atoms. The fraction of sp³-hybridized carbons (Fsp3) is 1.00. The molecule has 0 N–H and O–H groups in total. The molecule has 1 atom stereocenters. The van der Waals surface area contributed by atoms with Crippen molar-refractivity contribution in [3.63, 3.8) is 0 Å². The van der Waals surface area contributed by atoms with E-state index in [4.69, 9.17) is 4.74 Å². The SMILES string of the molecule is CCOC1CC1(Br)Br. The number of alkyl halides is 2. The summed E-state index contributed by atoms with van der Waals surface area (Å²) in [5, 5.41) is 0. The number of hydrogen-bond donors (Lipinski definition) is 0. The van der Waals surface area contributed by atoms with Gasteiger partial charge in [0.1, 0.15) is 3.23 Å². The molecule has 1 nitrogen and oxygen atoms in total. The highest BCUT2D eigenvalue weighted by molar-refractivity contribution is 9.25. The van der Waals surface area contributed by atoms with E-state index in [0.29, 0.717) is 6.10 Å². The Hall–Kier alpha value is 0.920. The van der Waals surface area contributed by atoms with Crippen LogP contribution in [0.5, 0.6) is 0 Å². The van der Waals surface area contributed by atoms with Crippen LogP contribution in [0, 0.1) is 0 Å².